The first-order valence-corrected chi connectivity index (χ1v) is 7.72. The summed E-state index contributed by atoms with van der Waals surface area (Å²) in [5.74, 6) is -0.253. The molecule has 1 aromatic carbocycles. The molecular formula is C13H14BrFIN3. The van der Waals surface area contributed by atoms with E-state index < -0.39 is 0 Å². The van der Waals surface area contributed by atoms with Gasteiger partial charge in [0.2, 0.25) is 0 Å². The molecule has 0 aliphatic heterocycles. The average molecular weight is 438 g/mol. The fourth-order valence-corrected chi connectivity index (χ4v) is 3.29. The standard InChI is InChI=1S/C13H14BrFIN3/c1-7(2)19-13(10(14)6-18-19)12(17)9-4-3-8(15)5-11(9)16/h3-7,12H,17H2,1-2H3. The third-order valence-electron chi connectivity index (χ3n) is 2.87. The van der Waals surface area contributed by atoms with Crippen LogP contribution in [0.2, 0.25) is 0 Å². The summed E-state index contributed by atoms with van der Waals surface area (Å²) in [7, 11) is 0. The van der Waals surface area contributed by atoms with Gasteiger partial charge in [-0.1, -0.05) is 6.07 Å². The molecule has 3 nitrogen and oxygen atoms in total. The molecule has 0 bridgehead atoms. The van der Waals surface area contributed by atoms with E-state index in [4.69, 9.17) is 5.73 Å². The molecule has 19 heavy (non-hydrogen) atoms. The first-order valence-electron chi connectivity index (χ1n) is 5.85. The second kappa shape index (κ2) is 5.88. The van der Waals surface area contributed by atoms with E-state index in [1.165, 1.54) is 12.1 Å². The van der Waals surface area contributed by atoms with Crippen molar-refractivity contribution in [2.45, 2.75) is 25.9 Å². The number of nitrogens with two attached hydrogens (primary N) is 1. The molecule has 0 saturated heterocycles. The largest absolute Gasteiger partial charge is 0.319 e. The Morgan fingerprint density at radius 2 is 2.11 bits per heavy atom. The minimum absolute atomic E-state index is 0.213. The maximum Gasteiger partial charge on any atom is 0.124 e. The zero-order valence-corrected chi connectivity index (χ0v) is 14.3. The number of aromatic nitrogens is 2. The lowest BCUT2D eigenvalue weighted by Gasteiger charge is -2.19. The van der Waals surface area contributed by atoms with Crippen molar-refractivity contribution in [1.82, 2.24) is 9.78 Å². The Labute approximate surface area is 133 Å². The molecule has 102 valence electrons. The van der Waals surface area contributed by atoms with E-state index in [1.807, 2.05) is 18.5 Å². The molecule has 0 radical (unpaired) electrons. The molecule has 1 unspecified atom stereocenters. The summed E-state index contributed by atoms with van der Waals surface area (Å²) in [4.78, 5) is 0. The molecule has 0 aliphatic carbocycles. The van der Waals surface area contributed by atoms with Crippen LogP contribution in [0.3, 0.4) is 0 Å². The summed E-state index contributed by atoms with van der Waals surface area (Å²) in [5.41, 5.74) is 8.13. The highest BCUT2D eigenvalue weighted by Crippen LogP contribution is 2.31. The molecule has 1 atom stereocenters. The van der Waals surface area contributed by atoms with Crippen molar-refractivity contribution in [1.29, 1.82) is 0 Å². The third-order valence-corrected chi connectivity index (χ3v) is 4.41. The van der Waals surface area contributed by atoms with Gasteiger partial charge >= 0.3 is 0 Å². The zero-order valence-electron chi connectivity index (χ0n) is 10.6. The van der Waals surface area contributed by atoms with Gasteiger partial charge in [-0.2, -0.15) is 5.10 Å². The second-order valence-electron chi connectivity index (χ2n) is 4.56. The molecule has 1 heterocycles. The molecule has 0 spiro atoms. The van der Waals surface area contributed by atoms with Crippen LogP contribution in [0.1, 0.15) is 37.2 Å². The van der Waals surface area contributed by atoms with E-state index in [9.17, 15) is 4.39 Å². The van der Waals surface area contributed by atoms with Crippen molar-refractivity contribution in [2.75, 3.05) is 0 Å². The van der Waals surface area contributed by atoms with E-state index in [-0.39, 0.29) is 17.9 Å². The maximum atomic E-state index is 13.2. The van der Waals surface area contributed by atoms with Crippen LogP contribution < -0.4 is 5.73 Å². The van der Waals surface area contributed by atoms with Crippen LogP contribution in [0.25, 0.3) is 0 Å². The number of hydrogen-bond donors (Lipinski definition) is 1. The smallest absolute Gasteiger partial charge is 0.124 e. The van der Waals surface area contributed by atoms with E-state index in [1.54, 1.807) is 12.3 Å². The predicted octanol–water partition coefficient (Wildman–Crippen LogP) is 4.02. The van der Waals surface area contributed by atoms with Gasteiger partial charge in [-0.3, -0.25) is 4.68 Å². The Morgan fingerprint density at radius 3 is 2.68 bits per heavy atom. The second-order valence-corrected chi connectivity index (χ2v) is 6.58. The summed E-state index contributed by atoms with van der Waals surface area (Å²) in [6, 6.07) is 4.52. The Balaban J connectivity index is 2.49. The summed E-state index contributed by atoms with van der Waals surface area (Å²) >= 11 is 5.58. The van der Waals surface area contributed by atoms with Gasteiger partial charge in [0.15, 0.2) is 0 Å². The molecule has 2 rings (SSSR count). The summed E-state index contributed by atoms with van der Waals surface area (Å²) < 4.78 is 16.7. The maximum absolute atomic E-state index is 13.2. The molecule has 2 N–H and O–H groups in total. The van der Waals surface area contributed by atoms with Gasteiger partial charge < -0.3 is 5.73 Å². The highest BCUT2D eigenvalue weighted by Gasteiger charge is 2.21. The lowest BCUT2D eigenvalue weighted by atomic mass is 10.0. The third kappa shape index (κ3) is 3.00. The average Bonchev–Trinajstić information content (AvgIpc) is 2.70. The summed E-state index contributed by atoms with van der Waals surface area (Å²) in [5, 5.41) is 4.32. The van der Waals surface area contributed by atoms with Gasteiger partial charge in [0.25, 0.3) is 0 Å². The van der Waals surface area contributed by atoms with Crippen LogP contribution in [0.5, 0.6) is 0 Å². The van der Waals surface area contributed by atoms with Crippen molar-refractivity contribution in [3.05, 3.63) is 49.5 Å². The number of halogens is 3. The van der Waals surface area contributed by atoms with Gasteiger partial charge in [0.1, 0.15) is 5.82 Å². The highest BCUT2D eigenvalue weighted by molar-refractivity contribution is 14.1. The quantitative estimate of drug-likeness (QED) is 0.737. The topological polar surface area (TPSA) is 43.8 Å². The molecular weight excluding hydrogens is 424 g/mol. The van der Waals surface area contributed by atoms with E-state index >= 15 is 0 Å². The van der Waals surface area contributed by atoms with Gasteiger partial charge in [-0.15, -0.1) is 0 Å². The first-order chi connectivity index (χ1) is 8.91. The fourth-order valence-electron chi connectivity index (χ4n) is 1.95. The van der Waals surface area contributed by atoms with Gasteiger partial charge in [-0.25, -0.2) is 4.39 Å². The first kappa shape index (κ1) is 14.9. The van der Waals surface area contributed by atoms with Gasteiger partial charge in [-0.05, 0) is 70.1 Å². The van der Waals surface area contributed by atoms with Gasteiger partial charge in [0.05, 0.1) is 22.4 Å². The van der Waals surface area contributed by atoms with Crippen LogP contribution in [0.15, 0.2) is 28.9 Å². The van der Waals surface area contributed by atoms with Crippen LogP contribution in [0.4, 0.5) is 4.39 Å². The molecule has 0 amide bonds. The number of rotatable bonds is 3. The van der Waals surface area contributed by atoms with Crippen LogP contribution in [-0.4, -0.2) is 9.78 Å². The molecule has 1 aromatic heterocycles. The molecule has 2 aromatic rings. The molecule has 0 aliphatic rings. The van der Waals surface area contributed by atoms with Crippen molar-refractivity contribution >= 4 is 38.5 Å². The lowest BCUT2D eigenvalue weighted by molar-refractivity contribution is 0.498. The van der Waals surface area contributed by atoms with E-state index in [0.29, 0.717) is 0 Å². The Kier molecular flexibility index (Phi) is 4.62. The minimum atomic E-state index is -0.341. The van der Waals surface area contributed by atoms with Crippen LogP contribution in [0, 0.1) is 9.39 Å². The fraction of sp³-hybridized carbons (Fsp3) is 0.308. The van der Waals surface area contributed by atoms with Crippen LogP contribution in [-0.2, 0) is 0 Å². The Bertz CT molecular complexity index is 598. The van der Waals surface area contributed by atoms with E-state index in [0.717, 1.165) is 19.3 Å². The molecule has 0 saturated carbocycles. The van der Waals surface area contributed by atoms with Crippen LogP contribution >= 0.6 is 38.5 Å². The van der Waals surface area contributed by atoms with E-state index in [2.05, 4.69) is 43.6 Å². The Hall–Kier alpha value is -0.470. The predicted molar refractivity (Wildman–Crippen MR) is 85.5 cm³/mol. The minimum Gasteiger partial charge on any atom is -0.319 e. The van der Waals surface area contributed by atoms with Crippen molar-refractivity contribution in [2.24, 2.45) is 5.73 Å². The molecule has 6 heteroatoms. The van der Waals surface area contributed by atoms with Gasteiger partial charge in [0, 0.05) is 9.61 Å². The lowest BCUT2D eigenvalue weighted by Crippen LogP contribution is -2.20. The number of benzene rings is 1. The summed E-state index contributed by atoms with van der Waals surface area (Å²) in [6.07, 6.45) is 1.74. The highest BCUT2D eigenvalue weighted by atomic mass is 127. The Morgan fingerprint density at radius 1 is 1.42 bits per heavy atom. The van der Waals surface area contributed by atoms with Crippen molar-refractivity contribution in [3.8, 4) is 0 Å². The monoisotopic (exact) mass is 437 g/mol. The summed E-state index contributed by atoms with van der Waals surface area (Å²) in [6.45, 7) is 4.09. The molecule has 0 fully saturated rings. The number of nitrogens with zero attached hydrogens (tertiary/aromatic N) is 2. The van der Waals surface area contributed by atoms with Crippen molar-refractivity contribution in [3.63, 3.8) is 0 Å². The zero-order chi connectivity index (χ0) is 14.2. The van der Waals surface area contributed by atoms with Crippen molar-refractivity contribution < 1.29 is 4.39 Å². The normalized spacial score (nSPS) is 13.0. The SMILES string of the molecule is CC(C)n1ncc(Br)c1C(N)c1ccc(F)cc1I. The number of hydrogen-bond acceptors (Lipinski definition) is 2.